The minimum Gasteiger partial charge on any atom is -0.454 e. The number of halogens is 1. The van der Waals surface area contributed by atoms with Crippen molar-refractivity contribution in [1.29, 1.82) is 0 Å². The molecule has 0 aliphatic carbocycles. The van der Waals surface area contributed by atoms with E-state index in [0.717, 1.165) is 22.6 Å². The first-order valence-electron chi connectivity index (χ1n) is 9.22. The monoisotopic (exact) mass is 411 g/mol. The van der Waals surface area contributed by atoms with Gasteiger partial charge in [0.25, 0.3) is 5.91 Å². The zero-order chi connectivity index (χ0) is 20.0. The zero-order valence-corrected chi connectivity index (χ0v) is 16.4. The van der Waals surface area contributed by atoms with Crippen LogP contribution < -0.4 is 14.8 Å². The van der Waals surface area contributed by atoms with E-state index < -0.39 is 0 Å². The maximum Gasteiger partial charge on any atom is 0.276 e. The van der Waals surface area contributed by atoms with E-state index in [9.17, 15) is 4.79 Å². The molecular formula is C21H18ClN3O4. The van der Waals surface area contributed by atoms with Crippen LogP contribution in [-0.4, -0.2) is 22.5 Å². The molecule has 29 heavy (non-hydrogen) atoms. The van der Waals surface area contributed by atoms with Gasteiger partial charge in [-0.05, 0) is 48.4 Å². The molecule has 0 fully saturated rings. The van der Waals surface area contributed by atoms with Gasteiger partial charge in [-0.25, -0.2) is 0 Å². The van der Waals surface area contributed by atoms with Gasteiger partial charge in [0.2, 0.25) is 6.79 Å². The molecule has 2 aliphatic heterocycles. The summed E-state index contributed by atoms with van der Waals surface area (Å²) in [6.07, 6.45) is -0.177. The Morgan fingerprint density at radius 2 is 2.03 bits per heavy atom. The second-order valence-corrected chi connectivity index (χ2v) is 7.44. The predicted octanol–water partition coefficient (Wildman–Crippen LogP) is 4.10. The second-order valence-electron chi connectivity index (χ2n) is 7.03. The highest BCUT2D eigenvalue weighted by molar-refractivity contribution is 6.31. The Labute approximate surface area is 172 Å². The number of nitrogens with one attached hydrogen (secondary N) is 1. The van der Waals surface area contributed by atoms with Gasteiger partial charge in [0.05, 0.1) is 18.8 Å². The van der Waals surface area contributed by atoms with Gasteiger partial charge in [-0.1, -0.05) is 23.7 Å². The van der Waals surface area contributed by atoms with Crippen LogP contribution in [-0.2, 0) is 17.9 Å². The van der Waals surface area contributed by atoms with E-state index in [1.807, 2.05) is 41.9 Å². The molecule has 1 unspecified atom stereocenters. The molecule has 0 radical (unpaired) electrons. The van der Waals surface area contributed by atoms with Crippen LogP contribution in [0.5, 0.6) is 11.5 Å². The zero-order valence-electron chi connectivity index (χ0n) is 15.6. The number of anilines is 1. The van der Waals surface area contributed by atoms with Gasteiger partial charge >= 0.3 is 0 Å². The molecule has 2 aliphatic rings. The Morgan fingerprint density at radius 3 is 2.90 bits per heavy atom. The summed E-state index contributed by atoms with van der Waals surface area (Å²) in [4.78, 5) is 12.6. The standard InChI is InChI=1S/C21H18ClN3O4/c1-12-2-4-14(7-16(12)22)23-21(26)17-8-15-10-27-20(9-25(15)24-17)13-3-5-18-19(6-13)29-11-28-18/h2-8,20H,9-11H2,1H3,(H,23,26). The van der Waals surface area contributed by atoms with E-state index in [1.54, 1.807) is 12.1 Å². The van der Waals surface area contributed by atoms with Crippen molar-refractivity contribution in [3.8, 4) is 11.5 Å². The summed E-state index contributed by atoms with van der Waals surface area (Å²) < 4.78 is 18.6. The van der Waals surface area contributed by atoms with Crippen LogP contribution in [0.15, 0.2) is 42.5 Å². The lowest BCUT2D eigenvalue weighted by atomic mass is 10.1. The van der Waals surface area contributed by atoms with E-state index >= 15 is 0 Å². The van der Waals surface area contributed by atoms with Crippen molar-refractivity contribution in [2.75, 3.05) is 12.1 Å². The van der Waals surface area contributed by atoms with E-state index in [0.29, 0.717) is 35.3 Å². The molecular weight excluding hydrogens is 394 g/mol. The normalized spacial score (nSPS) is 17.1. The predicted molar refractivity (Wildman–Crippen MR) is 106 cm³/mol. The Hall–Kier alpha value is -3.03. The fourth-order valence-electron chi connectivity index (χ4n) is 3.42. The lowest BCUT2D eigenvalue weighted by molar-refractivity contribution is -0.00127. The van der Waals surface area contributed by atoms with Gasteiger partial charge in [0.15, 0.2) is 17.2 Å². The first kappa shape index (κ1) is 18.0. The van der Waals surface area contributed by atoms with Crippen molar-refractivity contribution in [3.63, 3.8) is 0 Å². The number of hydrogen-bond donors (Lipinski definition) is 1. The molecule has 2 aromatic carbocycles. The number of ether oxygens (including phenoxy) is 3. The van der Waals surface area contributed by atoms with Gasteiger partial charge in [-0.3, -0.25) is 9.48 Å². The molecule has 1 atom stereocenters. The maximum atomic E-state index is 12.6. The largest absolute Gasteiger partial charge is 0.454 e. The fourth-order valence-corrected chi connectivity index (χ4v) is 3.60. The fraction of sp³-hybridized carbons (Fsp3) is 0.238. The van der Waals surface area contributed by atoms with Crippen molar-refractivity contribution < 1.29 is 19.0 Å². The summed E-state index contributed by atoms with van der Waals surface area (Å²) in [5.41, 5.74) is 3.76. The highest BCUT2D eigenvalue weighted by atomic mass is 35.5. The summed E-state index contributed by atoms with van der Waals surface area (Å²) in [5, 5.41) is 7.91. The minimum atomic E-state index is -0.286. The van der Waals surface area contributed by atoms with Crippen LogP contribution in [0.3, 0.4) is 0 Å². The average molecular weight is 412 g/mol. The highest BCUT2D eigenvalue weighted by Gasteiger charge is 2.26. The van der Waals surface area contributed by atoms with E-state index in [1.165, 1.54) is 0 Å². The van der Waals surface area contributed by atoms with Crippen LogP contribution in [0.2, 0.25) is 5.02 Å². The number of carbonyl (C=O) groups is 1. The quantitative estimate of drug-likeness (QED) is 0.702. The van der Waals surface area contributed by atoms with Gasteiger partial charge in [0.1, 0.15) is 6.10 Å². The van der Waals surface area contributed by atoms with Crippen LogP contribution >= 0.6 is 11.6 Å². The molecule has 7 nitrogen and oxygen atoms in total. The molecule has 3 aromatic rings. The van der Waals surface area contributed by atoms with Crippen LogP contribution in [0.1, 0.15) is 33.4 Å². The molecule has 0 saturated heterocycles. The SMILES string of the molecule is Cc1ccc(NC(=O)c2cc3n(n2)CC(c2ccc4c(c2)OCO4)OC3)cc1Cl. The molecule has 1 amide bonds. The topological polar surface area (TPSA) is 74.6 Å². The molecule has 0 saturated carbocycles. The maximum absolute atomic E-state index is 12.6. The summed E-state index contributed by atoms with van der Waals surface area (Å²) >= 11 is 6.13. The molecule has 1 aromatic heterocycles. The Balaban J connectivity index is 1.32. The average Bonchev–Trinajstić information content (AvgIpc) is 3.36. The molecule has 1 N–H and O–H groups in total. The van der Waals surface area contributed by atoms with Crippen molar-refractivity contribution >= 4 is 23.2 Å². The van der Waals surface area contributed by atoms with Crippen LogP contribution in [0.4, 0.5) is 5.69 Å². The molecule has 148 valence electrons. The van der Waals surface area contributed by atoms with Crippen molar-refractivity contribution in [2.24, 2.45) is 0 Å². The first-order chi connectivity index (χ1) is 14.1. The van der Waals surface area contributed by atoms with E-state index in [4.69, 9.17) is 25.8 Å². The Morgan fingerprint density at radius 1 is 1.17 bits per heavy atom. The summed E-state index contributed by atoms with van der Waals surface area (Å²) in [5.74, 6) is 1.17. The van der Waals surface area contributed by atoms with Crippen molar-refractivity contribution in [3.05, 3.63) is 70.0 Å². The third-order valence-corrected chi connectivity index (χ3v) is 5.47. The lowest BCUT2D eigenvalue weighted by Crippen LogP contribution is -2.22. The molecule has 0 spiro atoms. The number of benzene rings is 2. The summed E-state index contributed by atoms with van der Waals surface area (Å²) in [7, 11) is 0. The third-order valence-electron chi connectivity index (χ3n) is 5.07. The molecule has 0 bridgehead atoms. The molecule has 5 rings (SSSR count). The molecule has 8 heteroatoms. The Bertz CT molecular complexity index is 1110. The number of aryl methyl sites for hydroxylation is 1. The highest BCUT2D eigenvalue weighted by Crippen LogP contribution is 2.36. The Kier molecular flexibility index (Phi) is 4.41. The number of rotatable bonds is 3. The van der Waals surface area contributed by atoms with Crippen molar-refractivity contribution in [1.82, 2.24) is 9.78 Å². The van der Waals surface area contributed by atoms with Crippen LogP contribution in [0, 0.1) is 6.92 Å². The van der Waals surface area contributed by atoms with Crippen LogP contribution in [0.25, 0.3) is 0 Å². The third kappa shape index (κ3) is 3.43. The number of fused-ring (bicyclic) bond motifs is 2. The van der Waals surface area contributed by atoms with Crippen molar-refractivity contribution in [2.45, 2.75) is 26.2 Å². The van der Waals surface area contributed by atoms with Gasteiger partial charge < -0.3 is 19.5 Å². The lowest BCUT2D eigenvalue weighted by Gasteiger charge is -2.24. The molecule has 3 heterocycles. The number of aromatic nitrogens is 2. The van der Waals surface area contributed by atoms with E-state index in [-0.39, 0.29) is 18.8 Å². The van der Waals surface area contributed by atoms with Gasteiger partial charge in [0, 0.05) is 10.7 Å². The number of hydrogen-bond acceptors (Lipinski definition) is 5. The first-order valence-corrected chi connectivity index (χ1v) is 9.60. The summed E-state index contributed by atoms with van der Waals surface area (Å²) in [6, 6.07) is 12.9. The smallest absolute Gasteiger partial charge is 0.276 e. The van der Waals surface area contributed by atoms with Gasteiger partial charge in [-0.2, -0.15) is 5.10 Å². The van der Waals surface area contributed by atoms with Gasteiger partial charge in [-0.15, -0.1) is 0 Å². The van der Waals surface area contributed by atoms with E-state index in [2.05, 4.69) is 10.4 Å². The number of amides is 1. The number of carbonyl (C=O) groups excluding carboxylic acids is 1. The minimum absolute atomic E-state index is 0.177. The second kappa shape index (κ2) is 7.09. The summed E-state index contributed by atoms with van der Waals surface area (Å²) in [6.45, 7) is 3.03. The number of nitrogens with zero attached hydrogens (tertiary/aromatic N) is 2.